The number of ether oxygens (including phenoxy) is 1. The molecule has 1 amide bonds. The number of rotatable bonds is 8. The molecule has 1 unspecified atom stereocenters. The van der Waals surface area contributed by atoms with Crippen LogP contribution in [0.25, 0.3) is 0 Å². The van der Waals surface area contributed by atoms with Crippen LogP contribution >= 0.6 is 0 Å². The van der Waals surface area contributed by atoms with E-state index in [1.54, 1.807) is 6.07 Å². The second-order valence-corrected chi connectivity index (χ2v) is 7.40. The number of primary amides is 1. The first kappa shape index (κ1) is 21.5. The molecule has 0 aliphatic carbocycles. The van der Waals surface area contributed by atoms with E-state index in [0.29, 0.717) is 18.3 Å². The van der Waals surface area contributed by atoms with Crippen LogP contribution in [0.4, 0.5) is 5.69 Å². The lowest BCUT2D eigenvalue weighted by atomic mass is 10.1. The van der Waals surface area contributed by atoms with E-state index in [4.69, 9.17) is 15.5 Å². The average Bonchev–Trinajstić information content (AvgIpc) is 3.18. The molecule has 2 heterocycles. The number of aryl methyl sites for hydroxylation is 1. The predicted molar refractivity (Wildman–Crippen MR) is 118 cm³/mol. The highest BCUT2D eigenvalue weighted by Gasteiger charge is 2.21. The van der Waals surface area contributed by atoms with Gasteiger partial charge in [-0.15, -0.1) is 0 Å². The Morgan fingerprint density at radius 2 is 2.30 bits per heavy atom. The fourth-order valence-corrected chi connectivity index (χ4v) is 3.47. The van der Waals surface area contributed by atoms with E-state index in [0.717, 1.165) is 49.7 Å². The number of hydrogen-bond acceptors (Lipinski definition) is 5. The van der Waals surface area contributed by atoms with E-state index in [9.17, 15) is 4.79 Å². The van der Waals surface area contributed by atoms with Gasteiger partial charge in [-0.05, 0) is 37.5 Å². The maximum Gasteiger partial charge on any atom is 0.255 e. The van der Waals surface area contributed by atoms with Gasteiger partial charge in [-0.1, -0.05) is 12.1 Å². The molecule has 30 heavy (non-hydrogen) atoms. The summed E-state index contributed by atoms with van der Waals surface area (Å²) in [6.07, 6.45) is 6.17. The Labute approximate surface area is 177 Å². The number of nitrogens with zero attached hydrogens (tertiary/aromatic N) is 4. The zero-order valence-electron chi connectivity index (χ0n) is 17.7. The third-order valence-electron chi connectivity index (χ3n) is 4.86. The largest absolute Gasteiger partial charge is 0.484 e. The lowest BCUT2D eigenvalue weighted by molar-refractivity contribution is -0.119. The van der Waals surface area contributed by atoms with Crippen molar-refractivity contribution in [1.82, 2.24) is 20.4 Å². The number of nitrogens with one attached hydrogen (secondary N) is 2. The van der Waals surface area contributed by atoms with Gasteiger partial charge < -0.3 is 26.0 Å². The summed E-state index contributed by atoms with van der Waals surface area (Å²) >= 11 is 0. The quantitative estimate of drug-likeness (QED) is 0.440. The maximum atomic E-state index is 10.9. The van der Waals surface area contributed by atoms with Crippen LogP contribution in [0.3, 0.4) is 0 Å². The van der Waals surface area contributed by atoms with Crippen LogP contribution in [-0.4, -0.2) is 53.9 Å². The molecule has 9 nitrogen and oxygen atoms in total. The minimum absolute atomic E-state index is 0.133. The van der Waals surface area contributed by atoms with Gasteiger partial charge in [-0.2, -0.15) is 5.10 Å². The molecule has 4 N–H and O–H groups in total. The third-order valence-corrected chi connectivity index (χ3v) is 4.86. The van der Waals surface area contributed by atoms with Crippen molar-refractivity contribution in [2.45, 2.75) is 32.4 Å². The van der Waals surface area contributed by atoms with Crippen LogP contribution in [0.15, 0.2) is 41.7 Å². The highest BCUT2D eigenvalue weighted by molar-refractivity contribution is 5.80. The van der Waals surface area contributed by atoms with Crippen molar-refractivity contribution >= 4 is 17.6 Å². The Hall–Kier alpha value is -3.23. The molecule has 1 aromatic heterocycles. The zero-order valence-corrected chi connectivity index (χ0v) is 17.7. The highest BCUT2D eigenvalue weighted by Crippen LogP contribution is 2.19. The smallest absolute Gasteiger partial charge is 0.255 e. The van der Waals surface area contributed by atoms with Crippen LogP contribution < -0.4 is 26.0 Å². The molecule has 9 heteroatoms. The Bertz CT molecular complexity index is 865. The molecule has 1 atom stereocenters. The standard InChI is InChI=1S/C21H31N7O2/c1-3-23-21(24-11-16-6-4-8-19(10-16)30-15-20(22)29)26-17-7-5-9-28(13-17)18-12-25-27(2)14-18/h4,6,8,10,12,14,17H,3,5,7,9,11,13,15H2,1-2H3,(H2,22,29)(H2,23,24,26). The van der Waals surface area contributed by atoms with E-state index in [1.807, 2.05) is 36.1 Å². The summed E-state index contributed by atoms with van der Waals surface area (Å²) in [5, 5.41) is 11.2. The van der Waals surface area contributed by atoms with Crippen LogP contribution in [-0.2, 0) is 18.4 Å². The molecular formula is C21H31N7O2. The molecule has 1 aliphatic heterocycles. The van der Waals surface area contributed by atoms with Crippen molar-refractivity contribution in [2.75, 3.05) is 31.1 Å². The van der Waals surface area contributed by atoms with Crippen LogP contribution in [0.5, 0.6) is 5.75 Å². The lowest BCUT2D eigenvalue weighted by Gasteiger charge is -2.34. The number of aliphatic imine (C=N–C) groups is 1. The summed E-state index contributed by atoms with van der Waals surface area (Å²) in [6, 6.07) is 7.85. The summed E-state index contributed by atoms with van der Waals surface area (Å²) in [5.74, 6) is 0.905. The number of benzene rings is 1. The molecule has 3 rings (SSSR count). The summed E-state index contributed by atoms with van der Waals surface area (Å²) in [6.45, 7) is 5.15. The van der Waals surface area contributed by atoms with E-state index < -0.39 is 5.91 Å². The molecule has 0 spiro atoms. The summed E-state index contributed by atoms with van der Waals surface area (Å²) in [7, 11) is 1.94. The molecule has 1 fully saturated rings. The van der Waals surface area contributed by atoms with Gasteiger partial charge in [0.25, 0.3) is 5.91 Å². The van der Waals surface area contributed by atoms with Gasteiger partial charge in [0, 0.05) is 38.9 Å². The van der Waals surface area contributed by atoms with Crippen molar-refractivity contribution in [3.05, 3.63) is 42.2 Å². The monoisotopic (exact) mass is 413 g/mol. The molecule has 1 aromatic carbocycles. The Kier molecular flexibility index (Phi) is 7.53. The van der Waals surface area contributed by atoms with Gasteiger partial charge in [0.1, 0.15) is 5.75 Å². The molecule has 2 aromatic rings. The van der Waals surface area contributed by atoms with Gasteiger partial charge in [0.15, 0.2) is 12.6 Å². The topological polar surface area (TPSA) is 110 Å². The minimum atomic E-state index is -0.495. The van der Waals surface area contributed by atoms with Gasteiger partial charge in [-0.3, -0.25) is 9.48 Å². The number of amides is 1. The molecule has 1 aliphatic rings. The minimum Gasteiger partial charge on any atom is -0.484 e. The van der Waals surface area contributed by atoms with Crippen LogP contribution in [0.2, 0.25) is 0 Å². The Morgan fingerprint density at radius 1 is 1.43 bits per heavy atom. The van der Waals surface area contributed by atoms with Crippen LogP contribution in [0, 0.1) is 0 Å². The second-order valence-electron chi connectivity index (χ2n) is 7.40. The number of anilines is 1. The summed E-state index contributed by atoms with van der Waals surface area (Å²) in [4.78, 5) is 18.0. The molecule has 0 bridgehead atoms. The number of aromatic nitrogens is 2. The zero-order chi connectivity index (χ0) is 21.3. The summed E-state index contributed by atoms with van der Waals surface area (Å²) in [5.41, 5.74) is 7.28. The Balaban J connectivity index is 1.60. The van der Waals surface area contributed by atoms with E-state index >= 15 is 0 Å². The number of nitrogens with two attached hydrogens (primary N) is 1. The van der Waals surface area contributed by atoms with E-state index in [-0.39, 0.29) is 6.61 Å². The molecule has 0 saturated carbocycles. The molecule has 162 valence electrons. The van der Waals surface area contributed by atoms with Crippen molar-refractivity contribution in [1.29, 1.82) is 0 Å². The first-order valence-electron chi connectivity index (χ1n) is 10.3. The lowest BCUT2D eigenvalue weighted by Crippen LogP contribution is -2.51. The second kappa shape index (κ2) is 10.5. The van der Waals surface area contributed by atoms with Gasteiger partial charge in [0.05, 0.1) is 18.4 Å². The van der Waals surface area contributed by atoms with E-state index in [1.165, 1.54) is 0 Å². The normalized spacial score (nSPS) is 16.9. The molecule has 1 saturated heterocycles. The van der Waals surface area contributed by atoms with Crippen LogP contribution in [0.1, 0.15) is 25.3 Å². The fourth-order valence-electron chi connectivity index (χ4n) is 3.47. The third kappa shape index (κ3) is 6.40. The van der Waals surface area contributed by atoms with Crippen molar-refractivity contribution < 1.29 is 9.53 Å². The molecule has 0 radical (unpaired) electrons. The SMILES string of the molecule is CCNC(=NCc1cccc(OCC(N)=O)c1)NC1CCCN(c2cnn(C)c2)C1. The van der Waals surface area contributed by atoms with Crippen molar-refractivity contribution in [2.24, 2.45) is 17.8 Å². The number of hydrogen-bond donors (Lipinski definition) is 3. The van der Waals surface area contributed by atoms with Gasteiger partial charge in [-0.25, -0.2) is 4.99 Å². The fraction of sp³-hybridized carbons (Fsp3) is 0.476. The number of carbonyl (C=O) groups is 1. The number of piperidine rings is 1. The first-order valence-corrected chi connectivity index (χ1v) is 10.3. The highest BCUT2D eigenvalue weighted by atomic mass is 16.5. The number of guanidine groups is 1. The van der Waals surface area contributed by atoms with Gasteiger partial charge in [0.2, 0.25) is 0 Å². The van der Waals surface area contributed by atoms with Crippen molar-refractivity contribution in [3.8, 4) is 5.75 Å². The predicted octanol–water partition coefficient (Wildman–Crippen LogP) is 1.01. The van der Waals surface area contributed by atoms with Gasteiger partial charge >= 0.3 is 0 Å². The summed E-state index contributed by atoms with van der Waals surface area (Å²) < 4.78 is 7.21. The Morgan fingerprint density at radius 3 is 3.03 bits per heavy atom. The number of carbonyl (C=O) groups excluding carboxylic acids is 1. The molecular weight excluding hydrogens is 382 g/mol. The van der Waals surface area contributed by atoms with Crippen molar-refractivity contribution in [3.63, 3.8) is 0 Å². The van der Waals surface area contributed by atoms with E-state index in [2.05, 4.69) is 33.8 Å². The maximum absolute atomic E-state index is 10.9. The average molecular weight is 414 g/mol. The first-order chi connectivity index (χ1) is 14.5.